The Morgan fingerprint density at radius 2 is 1.94 bits per heavy atom. The van der Waals surface area contributed by atoms with E-state index in [0.717, 1.165) is 24.2 Å². The van der Waals surface area contributed by atoms with Crippen LogP contribution in [-0.2, 0) is 5.41 Å². The number of allylic oxidation sites excluding steroid dienone is 1. The lowest BCUT2D eigenvalue weighted by Gasteiger charge is -2.28. The highest BCUT2D eigenvalue weighted by atomic mass is 15.2. The minimum atomic E-state index is -0.122. The van der Waals surface area contributed by atoms with Crippen LogP contribution in [0.25, 0.3) is 6.08 Å². The molecule has 2 aromatic rings. The second-order valence-corrected chi connectivity index (χ2v) is 9.75. The van der Waals surface area contributed by atoms with E-state index >= 15 is 0 Å². The molecular weight excluding hydrogens is 376 g/mol. The van der Waals surface area contributed by atoms with Crippen molar-refractivity contribution in [2.45, 2.75) is 77.7 Å². The van der Waals surface area contributed by atoms with Gasteiger partial charge in [0, 0.05) is 41.9 Å². The fraction of sp³-hybridized carbons (Fsp3) is 0.483. The third-order valence-corrected chi connectivity index (χ3v) is 7.33. The van der Waals surface area contributed by atoms with Crippen LogP contribution < -0.4 is 4.90 Å². The molecule has 0 radical (unpaired) electrons. The Morgan fingerprint density at radius 3 is 2.68 bits per heavy atom. The second-order valence-electron chi connectivity index (χ2n) is 9.75. The van der Waals surface area contributed by atoms with Crippen molar-refractivity contribution >= 4 is 17.5 Å². The van der Waals surface area contributed by atoms with Crippen molar-refractivity contribution in [3.8, 4) is 0 Å². The maximum Gasteiger partial charge on any atom is 0.0448 e. The third kappa shape index (κ3) is 4.10. The van der Waals surface area contributed by atoms with Gasteiger partial charge in [0.25, 0.3) is 0 Å². The van der Waals surface area contributed by atoms with E-state index in [0.29, 0.717) is 0 Å². The molecule has 2 heteroatoms. The zero-order chi connectivity index (χ0) is 22.0. The summed E-state index contributed by atoms with van der Waals surface area (Å²) in [6, 6.07) is 16.5. The molecule has 2 aliphatic rings. The summed E-state index contributed by atoms with van der Waals surface area (Å²) < 4.78 is 0. The molecular formula is C29H38N2. The van der Waals surface area contributed by atoms with E-state index in [2.05, 4.69) is 94.1 Å². The average molecular weight is 415 g/mol. The summed E-state index contributed by atoms with van der Waals surface area (Å²) in [5.74, 6) is 0.724. The molecule has 0 saturated heterocycles. The quantitative estimate of drug-likeness (QED) is 0.434. The predicted octanol–water partition coefficient (Wildman–Crippen LogP) is 7.31. The van der Waals surface area contributed by atoms with Crippen molar-refractivity contribution in [3.63, 3.8) is 0 Å². The van der Waals surface area contributed by atoms with Crippen LogP contribution in [0, 0.1) is 6.92 Å². The van der Waals surface area contributed by atoms with E-state index in [4.69, 9.17) is 4.99 Å². The molecule has 164 valence electrons. The normalized spacial score (nSPS) is 21.1. The highest BCUT2D eigenvalue weighted by Crippen LogP contribution is 2.49. The number of aliphatic imine (C=N–C) groups is 1. The monoisotopic (exact) mass is 414 g/mol. The molecule has 2 unspecified atom stereocenters. The summed E-state index contributed by atoms with van der Waals surface area (Å²) in [6.45, 7) is 13.2. The number of hydrogen-bond donors (Lipinski definition) is 0. The van der Waals surface area contributed by atoms with E-state index in [-0.39, 0.29) is 5.41 Å². The Kier molecular flexibility index (Phi) is 6.36. The van der Waals surface area contributed by atoms with Gasteiger partial charge >= 0.3 is 0 Å². The zero-order valence-corrected chi connectivity index (χ0v) is 20.0. The van der Waals surface area contributed by atoms with Crippen molar-refractivity contribution in [1.82, 2.24) is 0 Å². The van der Waals surface area contributed by atoms with Gasteiger partial charge in [0.2, 0.25) is 0 Å². The number of anilines is 1. The summed E-state index contributed by atoms with van der Waals surface area (Å²) in [5.41, 5.74) is 8.06. The Balaban J connectivity index is 1.64. The summed E-state index contributed by atoms with van der Waals surface area (Å²) >= 11 is 0. The highest BCUT2D eigenvalue weighted by molar-refractivity contribution is 6.05. The Morgan fingerprint density at radius 1 is 1.13 bits per heavy atom. The standard InChI is InChI=1S/C29H38N2/c1-6-19-31-26-14-10-12-23(26)24-20-22(15-17-27(24)31)16-18-28(30-7-2)29(4,5)25-13-9-8-11-21(25)3/h8-9,11,13,15-18,20,23,26H,6-7,10,12,14,19H2,1-5H3/b18-16+,30-28?. The molecule has 1 aliphatic heterocycles. The van der Waals surface area contributed by atoms with Gasteiger partial charge in [-0.1, -0.05) is 63.6 Å². The van der Waals surface area contributed by atoms with Crippen molar-refractivity contribution < 1.29 is 0 Å². The zero-order valence-electron chi connectivity index (χ0n) is 20.0. The van der Waals surface area contributed by atoms with Gasteiger partial charge in [-0.3, -0.25) is 4.99 Å². The number of benzene rings is 2. The number of hydrogen-bond acceptors (Lipinski definition) is 2. The molecule has 4 rings (SSSR count). The summed E-state index contributed by atoms with van der Waals surface area (Å²) in [6.07, 6.45) is 9.81. The van der Waals surface area contributed by atoms with E-state index < -0.39 is 0 Å². The topological polar surface area (TPSA) is 15.6 Å². The summed E-state index contributed by atoms with van der Waals surface area (Å²) in [5, 5.41) is 0. The van der Waals surface area contributed by atoms with Gasteiger partial charge in [0.05, 0.1) is 0 Å². The first-order chi connectivity index (χ1) is 15.0. The largest absolute Gasteiger partial charge is 0.368 e. The highest BCUT2D eigenvalue weighted by Gasteiger charge is 2.40. The predicted molar refractivity (Wildman–Crippen MR) is 136 cm³/mol. The first-order valence-electron chi connectivity index (χ1n) is 12.2. The van der Waals surface area contributed by atoms with Gasteiger partial charge in [0.15, 0.2) is 0 Å². The van der Waals surface area contributed by atoms with Crippen LogP contribution in [0.4, 0.5) is 5.69 Å². The third-order valence-electron chi connectivity index (χ3n) is 7.33. The number of nitrogens with zero attached hydrogens (tertiary/aromatic N) is 2. The second kappa shape index (κ2) is 9.02. The molecule has 2 aromatic carbocycles. The SMILES string of the molecule is CCCN1c2ccc(/C=C/C(=NCC)C(C)(C)c3ccccc3C)cc2C2CCCC21. The maximum absolute atomic E-state index is 4.91. The Bertz CT molecular complexity index is 982. The lowest BCUT2D eigenvalue weighted by atomic mass is 9.77. The first kappa shape index (κ1) is 21.9. The average Bonchev–Trinajstić information content (AvgIpc) is 3.34. The lowest BCUT2D eigenvalue weighted by molar-refractivity contribution is 0.586. The molecule has 1 heterocycles. The fourth-order valence-corrected chi connectivity index (χ4v) is 5.83. The number of fused-ring (bicyclic) bond motifs is 3. The lowest BCUT2D eigenvalue weighted by Crippen LogP contribution is -2.31. The number of rotatable bonds is 7. The van der Waals surface area contributed by atoms with E-state index in [9.17, 15) is 0 Å². The van der Waals surface area contributed by atoms with Crippen LogP contribution in [0.5, 0.6) is 0 Å². The fourth-order valence-electron chi connectivity index (χ4n) is 5.83. The van der Waals surface area contributed by atoms with Crippen molar-refractivity contribution in [3.05, 3.63) is 70.8 Å². The minimum Gasteiger partial charge on any atom is -0.368 e. The van der Waals surface area contributed by atoms with Gasteiger partial charge in [-0.2, -0.15) is 0 Å². The van der Waals surface area contributed by atoms with Crippen LogP contribution in [-0.4, -0.2) is 24.8 Å². The van der Waals surface area contributed by atoms with Gasteiger partial charge in [-0.25, -0.2) is 0 Å². The molecule has 1 saturated carbocycles. The molecule has 0 spiro atoms. The van der Waals surface area contributed by atoms with Crippen molar-refractivity contribution in [1.29, 1.82) is 0 Å². The Labute approximate surface area is 189 Å². The maximum atomic E-state index is 4.91. The van der Waals surface area contributed by atoms with Crippen LogP contribution in [0.3, 0.4) is 0 Å². The van der Waals surface area contributed by atoms with E-state index in [1.807, 2.05) is 0 Å². The van der Waals surface area contributed by atoms with Gasteiger partial charge < -0.3 is 4.90 Å². The number of aryl methyl sites for hydroxylation is 1. The molecule has 1 aliphatic carbocycles. The van der Waals surface area contributed by atoms with Crippen LogP contribution in [0.15, 0.2) is 53.5 Å². The molecule has 2 atom stereocenters. The van der Waals surface area contributed by atoms with Crippen LogP contribution >= 0.6 is 0 Å². The molecule has 31 heavy (non-hydrogen) atoms. The Hall–Kier alpha value is -2.35. The molecule has 1 fully saturated rings. The minimum absolute atomic E-state index is 0.122. The smallest absolute Gasteiger partial charge is 0.0448 e. The van der Waals surface area contributed by atoms with Crippen LogP contribution in [0.2, 0.25) is 0 Å². The molecule has 2 nitrogen and oxygen atoms in total. The van der Waals surface area contributed by atoms with Gasteiger partial charge in [-0.15, -0.1) is 0 Å². The van der Waals surface area contributed by atoms with Crippen LogP contribution in [0.1, 0.15) is 81.5 Å². The summed E-state index contributed by atoms with van der Waals surface area (Å²) in [4.78, 5) is 7.60. The van der Waals surface area contributed by atoms with Crippen molar-refractivity contribution in [2.75, 3.05) is 18.0 Å². The molecule has 0 aromatic heterocycles. The van der Waals surface area contributed by atoms with Crippen molar-refractivity contribution in [2.24, 2.45) is 4.99 Å². The molecule has 0 bridgehead atoms. The molecule has 0 N–H and O–H groups in total. The van der Waals surface area contributed by atoms with Gasteiger partial charge in [0.1, 0.15) is 0 Å². The van der Waals surface area contributed by atoms with E-state index in [1.165, 1.54) is 54.6 Å². The molecule has 0 amide bonds. The van der Waals surface area contributed by atoms with Gasteiger partial charge in [-0.05, 0) is 73.6 Å². The first-order valence-corrected chi connectivity index (χ1v) is 12.2. The summed E-state index contributed by atoms with van der Waals surface area (Å²) in [7, 11) is 0. The van der Waals surface area contributed by atoms with E-state index in [1.54, 1.807) is 5.56 Å².